The molecule has 1 aromatic heterocycles. The van der Waals surface area contributed by atoms with Gasteiger partial charge in [-0.3, -0.25) is 0 Å². The Morgan fingerprint density at radius 1 is 1.29 bits per heavy atom. The van der Waals surface area contributed by atoms with Crippen LogP contribution in [0, 0.1) is 13.8 Å². The van der Waals surface area contributed by atoms with Gasteiger partial charge in [-0.1, -0.05) is 24.3 Å². The van der Waals surface area contributed by atoms with Gasteiger partial charge in [-0.15, -0.1) is 6.58 Å². The topological polar surface area (TPSA) is 41.9 Å². The Labute approximate surface area is 130 Å². The van der Waals surface area contributed by atoms with Gasteiger partial charge in [-0.25, -0.2) is 4.68 Å². The van der Waals surface area contributed by atoms with Crippen LogP contribution in [0.2, 0.25) is 0 Å². The molecule has 2 rings (SSSR count). The Morgan fingerprint density at radius 3 is 2.67 bits per heavy atom. The molecule has 0 aliphatic heterocycles. The molecule has 1 aromatic carbocycles. The van der Waals surface area contributed by atoms with Gasteiger partial charge in [0.1, 0.15) is 0 Å². The van der Waals surface area contributed by atoms with Crippen molar-refractivity contribution >= 4 is 17.3 Å². The smallest absolute Gasteiger partial charge is 0.166 e. The van der Waals surface area contributed by atoms with Gasteiger partial charge in [0.2, 0.25) is 0 Å². The summed E-state index contributed by atoms with van der Waals surface area (Å²) in [4.78, 5) is 0. The fraction of sp³-hybridized carbons (Fsp3) is 0.250. The molecule has 0 spiro atoms. The van der Waals surface area contributed by atoms with E-state index in [1.807, 2.05) is 41.9 Å². The number of rotatable bonds is 5. The maximum absolute atomic E-state index is 5.21. The highest BCUT2D eigenvalue weighted by molar-refractivity contribution is 7.80. The Kier molecular flexibility index (Phi) is 5.11. The number of para-hydroxylation sites is 1. The number of benzene rings is 1. The molecule has 0 atom stereocenters. The molecular weight excluding hydrogens is 280 g/mol. The van der Waals surface area contributed by atoms with Gasteiger partial charge in [0.05, 0.1) is 11.4 Å². The summed E-state index contributed by atoms with van der Waals surface area (Å²) < 4.78 is 1.96. The third-order valence-electron chi connectivity index (χ3n) is 3.27. The van der Waals surface area contributed by atoms with Crippen LogP contribution < -0.4 is 10.6 Å². The lowest BCUT2D eigenvalue weighted by atomic mass is 10.2. The molecule has 0 saturated carbocycles. The molecule has 0 amide bonds. The van der Waals surface area contributed by atoms with Crippen LogP contribution in [-0.2, 0) is 6.54 Å². The van der Waals surface area contributed by atoms with E-state index >= 15 is 0 Å². The summed E-state index contributed by atoms with van der Waals surface area (Å²) in [5.74, 6) is 0. The predicted molar refractivity (Wildman–Crippen MR) is 90.7 cm³/mol. The van der Waals surface area contributed by atoms with E-state index in [0.29, 0.717) is 18.2 Å². The van der Waals surface area contributed by atoms with E-state index in [1.54, 1.807) is 6.08 Å². The third-order valence-corrected chi connectivity index (χ3v) is 3.56. The van der Waals surface area contributed by atoms with Crippen LogP contribution >= 0.6 is 12.2 Å². The Balaban J connectivity index is 2.13. The number of nitrogens with one attached hydrogen (secondary N) is 2. The fourth-order valence-corrected chi connectivity index (χ4v) is 2.30. The first-order valence-electron chi connectivity index (χ1n) is 6.86. The lowest BCUT2D eigenvalue weighted by Crippen LogP contribution is -2.34. The number of aryl methyl sites for hydroxylation is 1. The van der Waals surface area contributed by atoms with E-state index in [1.165, 1.54) is 5.56 Å². The molecule has 0 bridgehead atoms. The zero-order valence-corrected chi connectivity index (χ0v) is 13.2. The number of hydrogen-bond acceptors (Lipinski definition) is 2. The highest BCUT2D eigenvalue weighted by Crippen LogP contribution is 2.17. The Hall–Kier alpha value is -2.14. The summed E-state index contributed by atoms with van der Waals surface area (Å²) in [7, 11) is 0. The van der Waals surface area contributed by atoms with Crippen LogP contribution in [0.3, 0.4) is 0 Å². The summed E-state index contributed by atoms with van der Waals surface area (Å²) in [6.45, 7) is 9.06. The molecule has 0 fully saturated rings. The average molecular weight is 300 g/mol. The van der Waals surface area contributed by atoms with Crippen LogP contribution in [0.15, 0.2) is 43.0 Å². The van der Waals surface area contributed by atoms with Crippen LogP contribution in [-0.4, -0.2) is 21.4 Å². The number of thiocarbonyl (C=S) groups is 1. The van der Waals surface area contributed by atoms with Crippen molar-refractivity contribution in [1.29, 1.82) is 0 Å². The second-order valence-corrected chi connectivity index (χ2v) is 5.16. The Morgan fingerprint density at radius 2 is 2.00 bits per heavy atom. The molecule has 4 nitrogen and oxygen atoms in total. The minimum atomic E-state index is 0.626. The molecule has 0 aliphatic carbocycles. The van der Waals surface area contributed by atoms with E-state index in [4.69, 9.17) is 12.2 Å². The van der Waals surface area contributed by atoms with E-state index in [-0.39, 0.29) is 0 Å². The SMILES string of the molecule is C=CCNC(=S)NCc1c(C)nn(-c2ccccc2)c1C. The quantitative estimate of drug-likeness (QED) is 0.658. The maximum atomic E-state index is 5.21. The first kappa shape index (κ1) is 15.3. The Bertz CT molecular complexity index is 631. The largest absolute Gasteiger partial charge is 0.359 e. The summed E-state index contributed by atoms with van der Waals surface area (Å²) in [6, 6.07) is 10.1. The van der Waals surface area contributed by atoms with E-state index < -0.39 is 0 Å². The molecule has 2 N–H and O–H groups in total. The maximum Gasteiger partial charge on any atom is 0.166 e. The second-order valence-electron chi connectivity index (χ2n) is 4.75. The van der Waals surface area contributed by atoms with Gasteiger partial charge in [-0.05, 0) is 38.2 Å². The molecular formula is C16H20N4S. The molecule has 0 radical (unpaired) electrons. The minimum absolute atomic E-state index is 0.626. The van der Waals surface area contributed by atoms with Gasteiger partial charge < -0.3 is 10.6 Å². The van der Waals surface area contributed by atoms with Crippen LogP contribution in [0.4, 0.5) is 0 Å². The molecule has 5 heteroatoms. The zero-order valence-electron chi connectivity index (χ0n) is 12.4. The van der Waals surface area contributed by atoms with Gasteiger partial charge in [0.15, 0.2) is 5.11 Å². The highest BCUT2D eigenvalue weighted by Gasteiger charge is 2.12. The summed E-state index contributed by atoms with van der Waals surface area (Å²) in [5.41, 5.74) is 4.37. The van der Waals surface area contributed by atoms with Gasteiger partial charge in [0, 0.05) is 24.3 Å². The van der Waals surface area contributed by atoms with E-state index in [0.717, 1.165) is 17.1 Å². The van der Waals surface area contributed by atoms with Crippen molar-refractivity contribution in [1.82, 2.24) is 20.4 Å². The van der Waals surface area contributed by atoms with Crippen LogP contribution in [0.5, 0.6) is 0 Å². The molecule has 1 heterocycles. The van der Waals surface area contributed by atoms with Gasteiger partial charge in [-0.2, -0.15) is 5.10 Å². The predicted octanol–water partition coefficient (Wildman–Crippen LogP) is 2.64. The molecule has 0 unspecified atom stereocenters. The van der Waals surface area contributed by atoms with Crippen LogP contribution in [0.1, 0.15) is 17.0 Å². The zero-order chi connectivity index (χ0) is 15.2. The minimum Gasteiger partial charge on any atom is -0.359 e. The second kappa shape index (κ2) is 7.04. The van der Waals surface area contributed by atoms with Crippen molar-refractivity contribution in [2.75, 3.05) is 6.54 Å². The third kappa shape index (κ3) is 3.70. The number of aromatic nitrogens is 2. The molecule has 0 saturated heterocycles. The summed E-state index contributed by atoms with van der Waals surface area (Å²) in [5, 5.41) is 11.5. The molecule has 0 aliphatic rings. The average Bonchev–Trinajstić information content (AvgIpc) is 2.79. The number of hydrogen-bond donors (Lipinski definition) is 2. The molecule has 21 heavy (non-hydrogen) atoms. The van der Waals surface area contributed by atoms with Gasteiger partial charge >= 0.3 is 0 Å². The lowest BCUT2D eigenvalue weighted by molar-refractivity contribution is 0.828. The summed E-state index contributed by atoms with van der Waals surface area (Å²) >= 11 is 5.21. The monoisotopic (exact) mass is 300 g/mol. The normalized spacial score (nSPS) is 10.2. The number of nitrogens with zero attached hydrogens (tertiary/aromatic N) is 2. The van der Waals surface area contributed by atoms with Crippen molar-refractivity contribution in [3.05, 3.63) is 59.9 Å². The van der Waals surface area contributed by atoms with E-state index in [2.05, 4.69) is 29.2 Å². The first-order valence-corrected chi connectivity index (χ1v) is 7.27. The fourth-order valence-electron chi connectivity index (χ4n) is 2.15. The van der Waals surface area contributed by atoms with E-state index in [9.17, 15) is 0 Å². The molecule has 110 valence electrons. The highest BCUT2D eigenvalue weighted by atomic mass is 32.1. The van der Waals surface area contributed by atoms with Crippen molar-refractivity contribution in [3.63, 3.8) is 0 Å². The molecule has 2 aromatic rings. The summed E-state index contributed by atoms with van der Waals surface area (Å²) in [6.07, 6.45) is 1.78. The van der Waals surface area contributed by atoms with Crippen molar-refractivity contribution in [3.8, 4) is 5.69 Å². The first-order chi connectivity index (χ1) is 10.1. The van der Waals surface area contributed by atoms with Gasteiger partial charge in [0.25, 0.3) is 0 Å². The van der Waals surface area contributed by atoms with Crippen molar-refractivity contribution in [2.45, 2.75) is 20.4 Å². The van der Waals surface area contributed by atoms with Crippen molar-refractivity contribution < 1.29 is 0 Å². The lowest BCUT2D eigenvalue weighted by Gasteiger charge is -2.09. The van der Waals surface area contributed by atoms with Crippen LogP contribution in [0.25, 0.3) is 5.69 Å². The standard InChI is InChI=1S/C16H20N4S/c1-4-10-17-16(21)18-11-15-12(2)19-20(13(15)3)14-8-6-5-7-9-14/h4-9H,1,10-11H2,2-3H3,(H2,17,18,21). The van der Waals surface area contributed by atoms with Crippen molar-refractivity contribution in [2.24, 2.45) is 0 Å².